The molecule has 26 heavy (non-hydrogen) atoms. The number of anilines is 1. The summed E-state index contributed by atoms with van der Waals surface area (Å²) in [6.45, 7) is 1.31. The Morgan fingerprint density at radius 3 is 2.27 bits per heavy atom. The molecule has 0 bridgehead atoms. The van der Waals surface area contributed by atoms with E-state index in [0.29, 0.717) is 6.07 Å². The summed E-state index contributed by atoms with van der Waals surface area (Å²) >= 11 is 0. The number of nitrogens with one attached hydrogen (secondary N) is 3. The van der Waals surface area contributed by atoms with Crippen molar-refractivity contribution in [2.75, 3.05) is 5.43 Å². The Labute approximate surface area is 143 Å². The monoisotopic (exact) mass is 374 g/mol. The van der Waals surface area contributed by atoms with Gasteiger partial charge in [0, 0.05) is 5.69 Å². The van der Waals surface area contributed by atoms with Gasteiger partial charge < -0.3 is 0 Å². The van der Waals surface area contributed by atoms with Gasteiger partial charge in [0.25, 0.3) is 5.91 Å². The number of benzene rings is 1. The minimum absolute atomic E-state index is 0.0223. The van der Waals surface area contributed by atoms with Crippen LogP contribution in [0.3, 0.4) is 0 Å². The highest BCUT2D eigenvalue weighted by Crippen LogP contribution is 2.30. The first kappa shape index (κ1) is 19.1. The third-order valence-electron chi connectivity index (χ3n) is 3.00. The van der Waals surface area contributed by atoms with Gasteiger partial charge in [-0.1, -0.05) is 6.07 Å². The summed E-state index contributed by atoms with van der Waals surface area (Å²) in [7, 11) is 0. The molecular weight excluding hydrogens is 363 g/mol. The van der Waals surface area contributed by atoms with Gasteiger partial charge >= 0.3 is 12.2 Å². The van der Waals surface area contributed by atoms with Gasteiger partial charge in [-0.05, 0) is 31.2 Å². The van der Waals surface area contributed by atoms with E-state index >= 15 is 0 Å². The predicted molar refractivity (Wildman–Crippen MR) is 80.0 cm³/mol. The van der Waals surface area contributed by atoms with E-state index in [1.165, 1.54) is 6.92 Å². The van der Waals surface area contributed by atoms with Gasteiger partial charge in [0.2, 0.25) is 0 Å². The topological polar surface area (TPSA) is 83.1 Å². The number of hydrazine groups is 1. The van der Waals surface area contributed by atoms with Crippen molar-refractivity contribution in [1.82, 2.24) is 15.7 Å². The van der Waals surface area contributed by atoms with E-state index in [4.69, 9.17) is 0 Å². The summed E-state index contributed by atoms with van der Waals surface area (Å²) in [6.07, 6.45) is -4.62. The van der Waals surface area contributed by atoms with Crippen molar-refractivity contribution in [3.8, 4) is 0 Å². The van der Waals surface area contributed by atoms with Crippen LogP contribution < -0.4 is 16.2 Å². The third-order valence-corrected chi connectivity index (χ3v) is 3.00. The van der Waals surface area contributed by atoms with Gasteiger partial charge in [0.05, 0.1) is 5.56 Å². The van der Waals surface area contributed by atoms with E-state index in [9.17, 15) is 31.5 Å². The summed E-state index contributed by atoms with van der Waals surface area (Å²) in [4.78, 5) is 27.0. The fraction of sp³-hybridized carbons (Fsp3) is 0.133. The number of aryl methyl sites for hydroxylation is 1. The Kier molecular flexibility index (Phi) is 5.38. The number of amides is 3. The number of alkyl halides is 3. The fourth-order valence-electron chi connectivity index (χ4n) is 1.93. The first-order chi connectivity index (χ1) is 12.1. The zero-order valence-corrected chi connectivity index (χ0v) is 13.0. The van der Waals surface area contributed by atoms with Crippen LogP contribution in [-0.2, 0) is 6.18 Å². The Balaban J connectivity index is 2.03. The van der Waals surface area contributed by atoms with Crippen LogP contribution in [0.15, 0.2) is 30.3 Å². The number of pyridine rings is 1. The number of nitrogens with zero attached hydrogens (tertiary/aromatic N) is 1. The zero-order chi connectivity index (χ0) is 19.5. The van der Waals surface area contributed by atoms with Gasteiger partial charge in [-0.2, -0.15) is 13.2 Å². The molecule has 3 N–H and O–H groups in total. The highest BCUT2D eigenvalue weighted by atomic mass is 19.4. The van der Waals surface area contributed by atoms with Crippen LogP contribution in [0.25, 0.3) is 0 Å². The number of halogens is 5. The molecule has 0 saturated carbocycles. The molecule has 3 amide bonds. The average Bonchev–Trinajstić information content (AvgIpc) is 2.51. The lowest BCUT2D eigenvalue weighted by atomic mass is 10.2. The van der Waals surface area contributed by atoms with E-state index in [1.54, 1.807) is 5.32 Å². The summed E-state index contributed by atoms with van der Waals surface area (Å²) < 4.78 is 65.0. The Bertz CT molecular complexity index is 834. The van der Waals surface area contributed by atoms with Gasteiger partial charge in [-0.25, -0.2) is 24.0 Å². The molecule has 1 heterocycles. The minimum Gasteiger partial charge on any atom is -0.280 e. The second-order valence-corrected chi connectivity index (χ2v) is 5.01. The van der Waals surface area contributed by atoms with Crippen LogP contribution in [0.1, 0.15) is 21.6 Å². The average molecular weight is 374 g/mol. The van der Waals surface area contributed by atoms with E-state index in [0.717, 1.165) is 24.3 Å². The Morgan fingerprint density at radius 1 is 1.08 bits per heavy atom. The lowest BCUT2D eigenvalue weighted by Gasteiger charge is -2.12. The van der Waals surface area contributed by atoms with Crippen molar-refractivity contribution in [3.63, 3.8) is 0 Å². The summed E-state index contributed by atoms with van der Waals surface area (Å²) in [5.41, 5.74) is 1.97. The summed E-state index contributed by atoms with van der Waals surface area (Å²) in [6, 6.07) is 2.86. The van der Waals surface area contributed by atoms with Crippen molar-refractivity contribution in [2.45, 2.75) is 13.1 Å². The molecular formula is C15H11F5N4O2. The number of carbonyl (C=O) groups is 2. The van der Waals surface area contributed by atoms with E-state index < -0.39 is 40.9 Å². The highest BCUT2D eigenvalue weighted by molar-refractivity contribution is 6.04. The molecule has 6 nitrogen and oxygen atoms in total. The number of hydrogen-bond acceptors (Lipinski definition) is 4. The summed E-state index contributed by atoms with van der Waals surface area (Å²) in [5.74, 6) is -4.08. The second kappa shape index (κ2) is 7.33. The Hall–Kier alpha value is -3.24. The molecule has 11 heteroatoms. The lowest BCUT2D eigenvalue weighted by Crippen LogP contribution is -2.42. The largest absolute Gasteiger partial charge is 0.416 e. The van der Waals surface area contributed by atoms with Gasteiger partial charge in [-0.15, -0.1) is 0 Å². The number of aromatic nitrogens is 1. The maximum absolute atomic E-state index is 13.4. The molecule has 0 aliphatic heterocycles. The molecule has 0 fully saturated rings. The van der Waals surface area contributed by atoms with E-state index in [-0.39, 0.29) is 11.5 Å². The molecule has 138 valence electrons. The van der Waals surface area contributed by atoms with Crippen LogP contribution in [0.5, 0.6) is 0 Å². The van der Waals surface area contributed by atoms with Crippen LogP contribution in [-0.4, -0.2) is 16.9 Å². The number of hydrogen-bond donors (Lipinski definition) is 3. The normalized spacial score (nSPS) is 11.0. The number of carbonyl (C=O) groups excluding carboxylic acids is 2. The molecule has 0 radical (unpaired) electrons. The van der Waals surface area contributed by atoms with Crippen molar-refractivity contribution in [2.24, 2.45) is 0 Å². The van der Waals surface area contributed by atoms with Crippen molar-refractivity contribution in [3.05, 3.63) is 58.8 Å². The van der Waals surface area contributed by atoms with E-state index in [2.05, 4.69) is 10.4 Å². The van der Waals surface area contributed by atoms with Gasteiger partial charge in [0.1, 0.15) is 23.0 Å². The second-order valence-electron chi connectivity index (χ2n) is 5.01. The van der Waals surface area contributed by atoms with Crippen LogP contribution in [0.2, 0.25) is 0 Å². The van der Waals surface area contributed by atoms with Crippen molar-refractivity contribution in [1.29, 1.82) is 0 Å². The lowest BCUT2D eigenvalue weighted by molar-refractivity contribution is -0.137. The van der Waals surface area contributed by atoms with Crippen molar-refractivity contribution >= 4 is 17.8 Å². The zero-order valence-electron chi connectivity index (χ0n) is 13.0. The first-order valence-electron chi connectivity index (χ1n) is 6.95. The first-order valence-corrected chi connectivity index (χ1v) is 6.95. The van der Waals surface area contributed by atoms with Crippen LogP contribution in [0, 0.1) is 18.6 Å². The predicted octanol–water partition coefficient (Wildman–Crippen LogP) is 3.15. The van der Waals surface area contributed by atoms with Crippen LogP contribution in [0.4, 0.5) is 32.6 Å². The minimum atomic E-state index is -4.62. The maximum atomic E-state index is 13.4. The quantitative estimate of drug-likeness (QED) is 0.569. The SMILES string of the molecule is Cc1cc(C(F)(F)F)cc(NNC(=O)NC(=O)c2c(F)cccc2F)n1. The summed E-state index contributed by atoms with van der Waals surface area (Å²) in [5, 5.41) is 1.63. The molecule has 0 atom stereocenters. The standard InChI is InChI=1S/C15H11F5N4O2/c1-7-5-8(15(18,19)20)6-11(21-7)23-24-14(26)22-13(25)12-9(16)3-2-4-10(12)17/h2-6H,1H3,(H,21,23)(H2,22,24,25,26). The molecule has 0 saturated heterocycles. The van der Waals surface area contributed by atoms with Crippen molar-refractivity contribution < 1.29 is 31.5 Å². The molecule has 0 aliphatic rings. The highest BCUT2D eigenvalue weighted by Gasteiger charge is 2.31. The van der Waals surface area contributed by atoms with Gasteiger partial charge in [0.15, 0.2) is 0 Å². The molecule has 0 aliphatic carbocycles. The molecule has 0 spiro atoms. The molecule has 0 unspecified atom stereocenters. The smallest absolute Gasteiger partial charge is 0.280 e. The Morgan fingerprint density at radius 2 is 1.69 bits per heavy atom. The molecule has 2 aromatic rings. The number of rotatable bonds is 3. The number of imide groups is 1. The van der Waals surface area contributed by atoms with Crippen LogP contribution >= 0.6 is 0 Å². The van der Waals surface area contributed by atoms with Gasteiger partial charge in [-0.3, -0.25) is 15.5 Å². The fourth-order valence-corrected chi connectivity index (χ4v) is 1.93. The van der Waals surface area contributed by atoms with E-state index in [1.807, 2.05) is 5.43 Å². The maximum Gasteiger partial charge on any atom is 0.416 e. The third kappa shape index (κ3) is 4.65. The molecule has 2 rings (SSSR count). The molecule has 1 aromatic carbocycles. The number of urea groups is 1. The molecule has 1 aromatic heterocycles.